The number of esters is 1. The van der Waals surface area contributed by atoms with Gasteiger partial charge in [0, 0.05) is 12.4 Å². The predicted octanol–water partition coefficient (Wildman–Crippen LogP) is 2.42. The van der Waals surface area contributed by atoms with Crippen molar-refractivity contribution in [1.29, 1.82) is 0 Å². The highest BCUT2D eigenvalue weighted by Gasteiger charge is 2.22. The Bertz CT molecular complexity index is 785. The molecule has 0 aliphatic heterocycles. The molecule has 0 spiro atoms. The monoisotopic (exact) mass is 338 g/mol. The summed E-state index contributed by atoms with van der Waals surface area (Å²) in [5.74, 6) is -0.633. The Labute approximate surface area is 138 Å². The fourth-order valence-electron chi connectivity index (χ4n) is 2.44. The number of hydrogen-bond acceptors (Lipinski definition) is 5. The fourth-order valence-corrected chi connectivity index (χ4v) is 2.59. The first-order valence-corrected chi connectivity index (χ1v) is 7.76. The first kappa shape index (κ1) is 17.4. The smallest absolute Gasteiger partial charge is 0.343 e. The second-order valence-corrected chi connectivity index (χ2v) is 5.95. The van der Waals surface area contributed by atoms with Gasteiger partial charge in [-0.05, 0) is 18.9 Å². The number of aromatic nitrogens is 2. The van der Waals surface area contributed by atoms with E-state index in [9.17, 15) is 14.7 Å². The Morgan fingerprint density at radius 2 is 2.17 bits per heavy atom. The number of aliphatic hydroxyl groups is 1. The topological polar surface area (TPSA) is 81.4 Å². The van der Waals surface area contributed by atoms with Crippen molar-refractivity contribution in [3.05, 3.63) is 39.3 Å². The molecule has 0 amide bonds. The third-order valence-electron chi connectivity index (χ3n) is 3.64. The molecular weight excluding hydrogens is 320 g/mol. The largest absolute Gasteiger partial charge is 0.462 e. The van der Waals surface area contributed by atoms with Crippen LogP contribution in [0.5, 0.6) is 0 Å². The molecule has 1 atom stereocenters. The van der Waals surface area contributed by atoms with Crippen LogP contribution in [0.15, 0.2) is 23.3 Å². The molecule has 0 saturated carbocycles. The van der Waals surface area contributed by atoms with Gasteiger partial charge in [-0.15, -0.1) is 0 Å². The zero-order chi connectivity index (χ0) is 17.1. The van der Waals surface area contributed by atoms with Crippen molar-refractivity contribution in [2.24, 2.45) is 5.92 Å². The minimum atomic E-state index is -0.700. The molecule has 6 nitrogen and oxygen atoms in total. The van der Waals surface area contributed by atoms with Gasteiger partial charge < -0.3 is 14.4 Å². The van der Waals surface area contributed by atoms with Crippen LogP contribution in [0.4, 0.5) is 0 Å². The molecule has 2 heterocycles. The van der Waals surface area contributed by atoms with E-state index in [1.807, 2.05) is 13.8 Å². The summed E-state index contributed by atoms with van der Waals surface area (Å²) in [5, 5.41) is 10.2. The first-order valence-electron chi connectivity index (χ1n) is 7.39. The lowest BCUT2D eigenvalue weighted by Gasteiger charge is -2.24. The summed E-state index contributed by atoms with van der Waals surface area (Å²) in [7, 11) is 0. The summed E-state index contributed by atoms with van der Waals surface area (Å²) in [5.41, 5.74) is -0.201. The van der Waals surface area contributed by atoms with Crippen LogP contribution in [0.3, 0.4) is 0 Å². The third kappa shape index (κ3) is 3.38. The quantitative estimate of drug-likeness (QED) is 0.847. The Morgan fingerprint density at radius 3 is 2.74 bits per heavy atom. The molecular formula is C16H19ClN2O4. The minimum absolute atomic E-state index is 0.0678. The summed E-state index contributed by atoms with van der Waals surface area (Å²) >= 11 is 5.94. The molecule has 2 aromatic heterocycles. The number of ether oxygens (including phenoxy) is 1. The van der Waals surface area contributed by atoms with E-state index in [0.717, 1.165) is 0 Å². The highest BCUT2D eigenvalue weighted by molar-refractivity contribution is 6.31. The Hall–Kier alpha value is -1.92. The Balaban J connectivity index is 2.82. The molecule has 1 N–H and O–H groups in total. The lowest BCUT2D eigenvalue weighted by atomic mass is 10.0. The number of aliphatic hydroxyl groups excluding tert-OH is 1. The number of carbonyl (C=O) groups is 1. The van der Waals surface area contributed by atoms with Gasteiger partial charge in [0.2, 0.25) is 5.43 Å². The zero-order valence-electron chi connectivity index (χ0n) is 13.2. The van der Waals surface area contributed by atoms with Crippen LogP contribution in [0, 0.1) is 5.92 Å². The number of carbonyl (C=O) groups excluding carboxylic acids is 1. The van der Waals surface area contributed by atoms with Gasteiger partial charge in [-0.1, -0.05) is 25.4 Å². The van der Waals surface area contributed by atoms with Crippen molar-refractivity contribution < 1.29 is 14.6 Å². The zero-order valence-corrected chi connectivity index (χ0v) is 14.0. The van der Waals surface area contributed by atoms with Gasteiger partial charge in [0.25, 0.3) is 0 Å². The van der Waals surface area contributed by atoms with E-state index in [0.29, 0.717) is 10.7 Å². The van der Waals surface area contributed by atoms with Gasteiger partial charge in [-0.3, -0.25) is 4.79 Å². The Morgan fingerprint density at radius 1 is 1.48 bits per heavy atom. The first-order chi connectivity index (χ1) is 10.9. The van der Waals surface area contributed by atoms with Crippen LogP contribution in [-0.4, -0.2) is 33.8 Å². The van der Waals surface area contributed by atoms with Crippen molar-refractivity contribution in [1.82, 2.24) is 9.55 Å². The van der Waals surface area contributed by atoms with Crippen molar-refractivity contribution in [2.45, 2.75) is 26.8 Å². The van der Waals surface area contributed by atoms with Gasteiger partial charge in [0.05, 0.1) is 29.7 Å². The van der Waals surface area contributed by atoms with E-state index in [1.54, 1.807) is 11.5 Å². The molecule has 0 aliphatic carbocycles. The highest BCUT2D eigenvalue weighted by atomic mass is 35.5. The van der Waals surface area contributed by atoms with Gasteiger partial charge in [0.15, 0.2) is 0 Å². The molecule has 0 saturated heterocycles. The SMILES string of the molecule is CCOC(=O)c1cn(C(CO)C(C)C)c2ncc(Cl)cc2c1=O. The molecule has 0 aromatic carbocycles. The predicted molar refractivity (Wildman–Crippen MR) is 87.9 cm³/mol. The standard InChI is InChI=1S/C16H19ClN2O4/c1-4-23-16(22)12-7-19(13(8-20)9(2)3)15-11(14(12)21)5-10(17)6-18-15/h5-7,9,13,20H,4,8H2,1-3H3. The van der Waals surface area contributed by atoms with Crippen molar-refractivity contribution in [3.63, 3.8) is 0 Å². The maximum Gasteiger partial charge on any atom is 0.343 e. The second-order valence-electron chi connectivity index (χ2n) is 5.52. The Kier molecular flexibility index (Phi) is 5.38. The van der Waals surface area contributed by atoms with E-state index in [1.165, 1.54) is 18.5 Å². The number of nitrogens with zero attached hydrogens (tertiary/aromatic N) is 2. The maximum atomic E-state index is 12.6. The van der Waals surface area contributed by atoms with Crippen LogP contribution < -0.4 is 5.43 Å². The summed E-state index contributed by atoms with van der Waals surface area (Å²) in [6, 6.07) is 1.14. The van der Waals surface area contributed by atoms with E-state index >= 15 is 0 Å². The van der Waals surface area contributed by atoms with Crippen LogP contribution in [0.25, 0.3) is 11.0 Å². The van der Waals surface area contributed by atoms with E-state index in [2.05, 4.69) is 4.98 Å². The molecule has 0 radical (unpaired) electrons. The van der Waals surface area contributed by atoms with Crippen LogP contribution in [0.1, 0.15) is 37.2 Å². The molecule has 2 rings (SSSR count). The number of hydrogen-bond donors (Lipinski definition) is 1. The molecule has 0 aliphatic rings. The van der Waals surface area contributed by atoms with Crippen molar-refractivity contribution >= 4 is 28.6 Å². The maximum absolute atomic E-state index is 12.6. The average molecular weight is 339 g/mol. The van der Waals surface area contributed by atoms with Crippen molar-refractivity contribution in [3.8, 4) is 0 Å². The lowest BCUT2D eigenvalue weighted by molar-refractivity contribution is 0.0523. The van der Waals surface area contributed by atoms with Gasteiger partial charge in [-0.2, -0.15) is 0 Å². The normalized spacial score (nSPS) is 12.6. The fraction of sp³-hybridized carbons (Fsp3) is 0.438. The summed E-state index contributed by atoms with van der Waals surface area (Å²) in [6.45, 7) is 5.55. The van der Waals surface area contributed by atoms with E-state index in [-0.39, 0.29) is 36.1 Å². The summed E-state index contributed by atoms with van der Waals surface area (Å²) < 4.78 is 6.59. The van der Waals surface area contributed by atoms with Crippen LogP contribution in [0.2, 0.25) is 5.02 Å². The number of fused-ring (bicyclic) bond motifs is 1. The van der Waals surface area contributed by atoms with E-state index < -0.39 is 11.4 Å². The molecule has 1 unspecified atom stereocenters. The summed E-state index contributed by atoms with van der Waals surface area (Å²) in [4.78, 5) is 28.8. The summed E-state index contributed by atoms with van der Waals surface area (Å²) in [6.07, 6.45) is 2.84. The molecule has 124 valence electrons. The molecule has 7 heteroatoms. The second kappa shape index (κ2) is 7.10. The molecule has 0 fully saturated rings. The molecule has 23 heavy (non-hydrogen) atoms. The number of rotatable bonds is 5. The molecule has 2 aromatic rings. The van der Waals surface area contributed by atoms with E-state index in [4.69, 9.17) is 16.3 Å². The number of pyridine rings is 2. The third-order valence-corrected chi connectivity index (χ3v) is 3.85. The van der Waals surface area contributed by atoms with Crippen LogP contribution >= 0.6 is 11.6 Å². The lowest BCUT2D eigenvalue weighted by Crippen LogP contribution is -2.26. The van der Waals surface area contributed by atoms with Crippen molar-refractivity contribution in [2.75, 3.05) is 13.2 Å². The van der Waals surface area contributed by atoms with Crippen LogP contribution in [-0.2, 0) is 4.74 Å². The number of halogens is 1. The average Bonchev–Trinajstić information content (AvgIpc) is 2.50. The molecule has 0 bridgehead atoms. The van der Waals surface area contributed by atoms with Gasteiger partial charge >= 0.3 is 5.97 Å². The highest BCUT2D eigenvalue weighted by Crippen LogP contribution is 2.23. The van der Waals surface area contributed by atoms with Gasteiger partial charge in [-0.25, -0.2) is 9.78 Å². The van der Waals surface area contributed by atoms with Gasteiger partial charge in [0.1, 0.15) is 11.2 Å². The minimum Gasteiger partial charge on any atom is -0.462 e.